The highest BCUT2D eigenvalue weighted by molar-refractivity contribution is 7.89. The lowest BCUT2D eigenvalue weighted by Crippen LogP contribution is -2.32. The van der Waals surface area contributed by atoms with Crippen LogP contribution in [-0.2, 0) is 15.9 Å². The fourth-order valence-corrected chi connectivity index (χ4v) is 4.10. The summed E-state index contributed by atoms with van der Waals surface area (Å²) in [6.07, 6.45) is 4.06. The molecular weight excluding hydrogens is 274 g/mol. The SMILES string of the molecule is Cc1oc(CCl)cc1S(=O)(=O)N1CCCCCC1. The van der Waals surface area contributed by atoms with Crippen LogP contribution in [0.1, 0.15) is 37.2 Å². The summed E-state index contributed by atoms with van der Waals surface area (Å²) in [7, 11) is -3.42. The van der Waals surface area contributed by atoms with Crippen LogP contribution in [0.25, 0.3) is 0 Å². The van der Waals surface area contributed by atoms with Gasteiger partial charge in [-0.1, -0.05) is 12.8 Å². The second-order valence-corrected chi connectivity index (χ2v) is 6.76. The van der Waals surface area contributed by atoms with Crippen molar-refractivity contribution in [2.75, 3.05) is 13.1 Å². The second kappa shape index (κ2) is 5.63. The van der Waals surface area contributed by atoms with Crippen LogP contribution in [0.5, 0.6) is 0 Å². The molecule has 0 bridgehead atoms. The lowest BCUT2D eigenvalue weighted by Gasteiger charge is -2.19. The lowest BCUT2D eigenvalue weighted by molar-refractivity contribution is 0.421. The first-order valence-corrected chi connectivity index (χ1v) is 8.18. The van der Waals surface area contributed by atoms with Gasteiger partial charge in [0.2, 0.25) is 10.0 Å². The van der Waals surface area contributed by atoms with E-state index in [2.05, 4.69) is 0 Å². The highest BCUT2D eigenvalue weighted by atomic mass is 35.5. The number of aryl methyl sites for hydroxylation is 1. The predicted octanol–water partition coefficient (Wildman–Crippen LogP) is 2.89. The molecule has 0 atom stereocenters. The van der Waals surface area contributed by atoms with Gasteiger partial charge in [0.05, 0.1) is 5.88 Å². The van der Waals surface area contributed by atoms with Gasteiger partial charge in [0, 0.05) is 19.2 Å². The van der Waals surface area contributed by atoms with E-state index in [0.29, 0.717) is 24.6 Å². The van der Waals surface area contributed by atoms with E-state index >= 15 is 0 Å². The number of rotatable bonds is 3. The highest BCUT2D eigenvalue weighted by Crippen LogP contribution is 2.26. The maximum absolute atomic E-state index is 12.5. The molecule has 1 aliphatic heterocycles. The summed E-state index contributed by atoms with van der Waals surface area (Å²) in [5.74, 6) is 1.12. The zero-order valence-corrected chi connectivity index (χ0v) is 12.1. The molecule has 18 heavy (non-hydrogen) atoms. The number of alkyl halides is 1. The minimum Gasteiger partial charge on any atom is -0.464 e. The van der Waals surface area contributed by atoms with Crippen LogP contribution in [0.2, 0.25) is 0 Å². The maximum atomic E-state index is 12.5. The van der Waals surface area contributed by atoms with E-state index in [1.54, 1.807) is 17.3 Å². The van der Waals surface area contributed by atoms with Gasteiger partial charge in [0.25, 0.3) is 0 Å². The van der Waals surface area contributed by atoms with Crippen molar-refractivity contribution in [1.82, 2.24) is 4.31 Å². The fraction of sp³-hybridized carbons (Fsp3) is 0.667. The first-order chi connectivity index (χ1) is 8.55. The molecule has 2 heterocycles. The summed E-state index contributed by atoms with van der Waals surface area (Å²) in [6, 6.07) is 1.54. The van der Waals surface area contributed by atoms with Crippen LogP contribution in [-0.4, -0.2) is 25.8 Å². The number of sulfonamides is 1. The largest absolute Gasteiger partial charge is 0.464 e. The number of halogens is 1. The van der Waals surface area contributed by atoms with E-state index in [-0.39, 0.29) is 10.8 Å². The van der Waals surface area contributed by atoms with Gasteiger partial charge < -0.3 is 4.42 Å². The van der Waals surface area contributed by atoms with Crippen LogP contribution >= 0.6 is 11.6 Å². The van der Waals surface area contributed by atoms with Crippen molar-refractivity contribution in [2.24, 2.45) is 0 Å². The third kappa shape index (κ3) is 2.73. The average molecular weight is 292 g/mol. The van der Waals surface area contributed by atoms with E-state index in [1.807, 2.05) is 0 Å². The highest BCUT2D eigenvalue weighted by Gasteiger charge is 2.28. The summed E-state index contributed by atoms with van der Waals surface area (Å²) in [6.45, 7) is 2.87. The molecule has 1 fully saturated rings. The van der Waals surface area contributed by atoms with Gasteiger partial charge in [-0.2, -0.15) is 4.31 Å². The van der Waals surface area contributed by atoms with Gasteiger partial charge >= 0.3 is 0 Å². The molecule has 0 aromatic carbocycles. The Labute approximate surface area is 113 Å². The maximum Gasteiger partial charge on any atom is 0.246 e. The lowest BCUT2D eigenvalue weighted by atomic mass is 10.2. The zero-order chi connectivity index (χ0) is 13.2. The Kier molecular flexibility index (Phi) is 4.35. The third-order valence-corrected chi connectivity index (χ3v) is 5.51. The van der Waals surface area contributed by atoms with E-state index < -0.39 is 10.0 Å². The van der Waals surface area contributed by atoms with Gasteiger partial charge in [-0.25, -0.2) is 8.42 Å². The van der Waals surface area contributed by atoms with Crippen LogP contribution in [0.4, 0.5) is 0 Å². The average Bonchev–Trinajstić information content (AvgIpc) is 2.55. The molecule has 1 aromatic heterocycles. The van der Waals surface area contributed by atoms with Crippen LogP contribution in [0.15, 0.2) is 15.4 Å². The molecule has 1 aliphatic rings. The van der Waals surface area contributed by atoms with E-state index in [4.69, 9.17) is 16.0 Å². The monoisotopic (exact) mass is 291 g/mol. The van der Waals surface area contributed by atoms with Gasteiger partial charge in [0.15, 0.2) is 0 Å². The normalized spacial score (nSPS) is 18.8. The molecular formula is C12H18ClNO3S. The standard InChI is InChI=1S/C12H18ClNO3S/c1-10-12(8-11(9-13)17-10)18(15,16)14-6-4-2-3-5-7-14/h8H,2-7,9H2,1H3. The Hall–Kier alpha value is -0.520. The van der Waals surface area contributed by atoms with Crippen molar-refractivity contribution < 1.29 is 12.8 Å². The Morgan fingerprint density at radius 2 is 1.89 bits per heavy atom. The molecule has 0 saturated carbocycles. The number of nitrogens with zero attached hydrogens (tertiary/aromatic N) is 1. The topological polar surface area (TPSA) is 50.5 Å². The zero-order valence-electron chi connectivity index (χ0n) is 10.5. The molecule has 1 aromatic rings. The van der Waals surface area contributed by atoms with Crippen LogP contribution in [0, 0.1) is 6.92 Å². The van der Waals surface area contributed by atoms with Crippen molar-refractivity contribution in [3.05, 3.63) is 17.6 Å². The third-order valence-electron chi connectivity index (χ3n) is 3.24. The number of hydrogen-bond donors (Lipinski definition) is 0. The fourth-order valence-electron chi connectivity index (χ4n) is 2.27. The Balaban J connectivity index is 2.31. The van der Waals surface area contributed by atoms with Crippen molar-refractivity contribution in [3.63, 3.8) is 0 Å². The predicted molar refractivity (Wildman–Crippen MR) is 70.2 cm³/mol. The minimum atomic E-state index is -3.42. The van der Waals surface area contributed by atoms with Crippen LogP contribution in [0.3, 0.4) is 0 Å². The molecule has 102 valence electrons. The smallest absolute Gasteiger partial charge is 0.246 e. The molecule has 0 aliphatic carbocycles. The molecule has 0 unspecified atom stereocenters. The van der Waals surface area contributed by atoms with E-state index in [0.717, 1.165) is 25.7 Å². The van der Waals surface area contributed by atoms with Crippen molar-refractivity contribution in [1.29, 1.82) is 0 Å². The molecule has 0 N–H and O–H groups in total. The molecule has 1 saturated heterocycles. The summed E-state index contributed by atoms with van der Waals surface area (Å²) in [5, 5.41) is 0. The quantitative estimate of drug-likeness (QED) is 0.805. The van der Waals surface area contributed by atoms with Gasteiger partial charge in [-0.15, -0.1) is 11.6 Å². The summed E-state index contributed by atoms with van der Waals surface area (Å²) < 4.78 is 31.9. The van der Waals surface area contributed by atoms with Gasteiger partial charge in [-0.05, 0) is 19.8 Å². The first kappa shape index (κ1) is 13.9. The molecule has 0 amide bonds. The molecule has 2 rings (SSSR count). The van der Waals surface area contributed by atoms with Crippen molar-refractivity contribution in [2.45, 2.75) is 43.4 Å². The number of furan rings is 1. The minimum absolute atomic E-state index is 0.191. The summed E-state index contributed by atoms with van der Waals surface area (Å²) >= 11 is 5.67. The second-order valence-electron chi connectivity index (χ2n) is 4.59. The molecule has 4 nitrogen and oxygen atoms in total. The summed E-state index contributed by atoms with van der Waals surface area (Å²) in [5.41, 5.74) is 0. The van der Waals surface area contributed by atoms with Gasteiger partial charge in [0.1, 0.15) is 16.4 Å². The molecule has 0 radical (unpaired) electrons. The summed E-state index contributed by atoms with van der Waals surface area (Å²) in [4.78, 5) is 0.264. The van der Waals surface area contributed by atoms with Crippen LogP contribution < -0.4 is 0 Å². The number of hydrogen-bond acceptors (Lipinski definition) is 3. The Morgan fingerprint density at radius 3 is 2.39 bits per heavy atom. The van der Waals surface area contributed by atoms with E-state index in [1.165, 1.54) is 0 Å². The molecule has 6 heteroatoms. The Morgan fingerprint density at radius 1 is 1.28 bits per heavy atom. The first-order valence-electron chi connectivity index (χ1n) is 6.21. The molecule has 0 spiro atoms. The Bertz CT molecular complexity index is 501. The van der Waals surface area contributed by atoms with Crippen molar-refractivity contribution in [3.8, 4) is 0 Å². The van der Waals surface area contributed by atoms with Gasteiger partial charge in [-0.3, -0.25) is 0 Å². The van der Waals surface area contributed by atoms with Crippen molar-refractivity contribution >= 4 is 21.6 Å². The van der Waals surface area contributed by atoms with E-state index in [9.17, 15) is 8.42 Å².